The lowest BCUT2D eigenvalue weighted by Gasteiger charge is -2.37. The van der Waals surface area contributed by atoms with Crippen LogP contribution >= 0.6 is 0 Å². The largest absolute Gasteiger partial charge is 0.330 e. The SMILES string of the molecule is CCN(C(=O)CN1CCCCC1CCN)C1=CCCCC1. The molecule has 0 aromatic heterocycles. The molecule has 1 atom stereocenters. The first-order valence-corrected chi connectivity index (χ1v) is 8.69. The molecule has 0 spiro atoms. The fourth-order valence-electron chi connectivity index (χ4n) is 3.65. The minimum atomic E-state index is 0.273. The quantitative estimate of drug-likeness (QED) is 0.818. The number of likely N-dealkylation sites (N-methyl/N-ethyl adjacent to an activating group) is 1. The highest BCUT2D eigenvalue weighted by molar-refractivity contribution is 5.80. The Morgan fingerprint density at radius 2 is 2.24 bits per heavy atom. The Kier molecular flexibility index (Phi) is 6.71. The van der Waals surface area contributed by atoms with Crippen molar-refractivity contribution < 1.29 is 4.79 Å². The topological polar surface area (TPSA) is 49.6 Å². The highest BCUT2D eigenvalue weighted by Gasteiger charge is 2.26. The summed E-state index contributed by atoms with van der Waals surface area (Å²) in [6, 6.07) is 0.506. The minimum Gasteiger partial charge on any atom is -0.330 e. The molecule has 0 radical (unpaired) electrons. The normalized spacial score (nSPS) is 23.7. The zero-order valence-corrected chi connectivity index (χ0v) is 13.5. The van der Waals surface area contributed by atoms with E-state index < -0.39 is 0 Å². The van der Waals surface area contributed by atoms with Gasteiger partial charge in [0.05, 0.1) is 6.54 Å². The zero-order valence-electron chi connectivity index (χ0n) is 13.5. The molecular weight excluding hydrogens is 262 g/mol. The number of carbonyl (C=O) groups excluding carboxylic acids is 1. The number of hydrogen-bond acceptors (Lipinski definition) is 3. The summed E-state index contributed by atoms with van der Waals surface area (Å²) in [5.41, 5.74) is 6.98. The van der Waals surface area contributed by atoms with Crippen LogP contribution in [0, 0.1) is 0 Å². The second-order valence-corrected chi connectivity index (χ2v) is 6.28. The fraction of sp³-hybridized carbons (Fsp3) is 0.824. The van der Waals surface area contributed by atoms with Crippen LogP contribution in [0.3, 0.4) is 0 Å². The van der Waals surface area contributed by atoms with E-state index in [-0.39, 0.29) is 5.91 Å². The van der Waals surface area contributed by atoms with E-state index in [9.17, 15) is 4.79 Å². The molecule has 1 heterocycles. The summed E-state index contributed by atoms with van der Waals surface area (Å²) in [6.07, 6.45) is 11.6. The van der Waals surface area contributed by atoms with Crippen LogP contribution in [-0.4, -0.2) is 47.9 Å². The van der Waals surface area contributed by atoms with Crippen LogP contribution in [0.5, 0.6) is 0 Å². The monoisotopic (exact) mass is 293 g/mol. The Labute approximate surface area is 129 Å². The van der Waals surface area contributed by atoms with E-state index in [0.717, 1.165) is 38.9 Å². The maximum Gasteiger partial charge on any atom is 0.240 e. The number of allylic oxidation sites excluding steroid dienone is 2. The Morgan fingerprint density at radius 3 is 2.90 bits per heavy atom. The van der Waals surface area contributed by atoms with E-state index in [4.69, 9.17) is 5.73 Å². The zero-order chi connectivity index (χ0) is 15.1. The molecule has 21 heavy (non-hydrogen) atoms. The van der Waals surface area contributed by atoms with E-state index in [2.05, 4.69) is 17.9 Å². The molecule has 1 fully saturated rings. The molecule has 1 unspecified atom stereocenters. The van der Waals surface area contributed by atoms with Crippen LogP contribution in [0.15, 0.2) is 11.8 Å². The molecule has 4 heteroatoms. The number of hydrogen-bond donors (Lipinski definition) is 1. The van der Waals surface area contributed by atoms with Gasteiger partial charge in [0.15, 0.2) is 0 Å². The van der Waals surface area contributed by atoms with Crippen LogP contribution < -0.4 is 5.73 Å². The molecular formula is C17H31N3O. The lowest BCUT2D eigenvalue weighted by Crippen LogP contribution is -2.47. The average molecular weight is 293 g/mol. The summed E-state index contributed by atoms with van der Waals surface area (Å²) in [5, 5.41) is 0. The van der Waals surface area contributed by atoms with E-state index in [1.807, 2.05) is 4.90 Å². The number of piperidine rings is 1. The molecule has 2 N–H and O–H groups in total. The lowest BCUT2D eigenvalue weighted by molar-refractivity contribution is -0.131. The van der Waals surface area contributed by atoms with Gasteiger partial charge < -0.3 is 10.6 Å². The molecule has 2 aliphatic rings. The first kappa shape index (κ1) is 16.5. The second-order valence-electron chi connectivity index (χ2n) is 6.28. The summed E-state index contributed by atoms with van der Waals surface area (Å²) < 4.78 is 0. The maximum atomic E-state index is 12.7. The molecule has 0 bridgehead atoms. The third kappa shape index (κ3) is 4.55. The van der Waals surface area contributed by atoms with E-state index in [1.54, 1.807) is 0 Å². The van der Waals surface area contributed by atoms with Gasteiger partial charge in [0.25, 0.3) is 0 Å². The van der Waals surface area contributed by atoms with Gasteiger partial charge in [0.2, 0.25) is 5.91 Å². The Hall–Kier alpha value is -0.870. The van der Waals surface area contributed by atoms with Crippen molar-refractivity contribution in [3.8, 4) is 0 Å². The molecule has 1 saturated heterocycles. The van der Waals surface area contributed by atoms with E-state index >= 15 is 0 Å². The average Bonchev–Trinajstić information content (AvgIpc) is 2.51. The van der Waals surface area contributed by atoms with Gasteiger partial charge in [-0.25, -0.2) is 0 Å². The fourth-order valence-corrected chi connectivity index (χ4v) is 3.65. The molecule has 0 saturated carbocycles. The van der Waals surface area contributed by atoms with Gasteiger partial charge in [-0.1, -0.05) is 12.5 Å². The van der Waals surface area contributed by atoms with Crippen molar-refractivity contribution in [3.63, 3.8) is 0 Å². The highest BCUT2D eigenvalue weighted by atomic mass is 16.2. The van der Waals surface area contributed by atoms with Crippen LogP contribution in [0.25, 0.3) is 0 Å². The molecule has 0 aromatic rings. The van der Waals surface area contributed by atoms with E-state index in [0.29, 0.717) is 12.6 Å². The molecule has 1 amide bonds. The van der Waals surface area contributed by atoms with Crippen molar-refractivity contribution in [3.05, 3.63) is 11.8 Å². The predicted octanol–water partition coefficient (Wildman–Crippen LogP) is 2.50. The molecule has 4 nitrogen and oxygen atoms in total. The third-order valence-corrected chi connectivity index (χ3v) is 4.82. The van der Waals surface area contributed by atoms with Crippen LogP contribution in [-0.2, 0) is 4.79 Å². The van der Waals surface area contributed by atoms with Crippen molar-refractivity contribution in [2.75, 3.05) is 26.2 Å². The van der Waals surface area contributed by atoms with Crippen molar-refractivity contribution in [2.45, 2.75) is 64.3 Å². The van der Waals surface area contributed by atoms with Gasteiger partial charge in [-0.3, -0.25) is 9.69 Å². The predicted molar refractivity (Wildman–Crippen MR) is 86.8 cm³/mol. The first-order chi connectivity index (χ1) is 10.3. The summed E-state index contributed by atoms with van der Waals surface area (Å²) in [5.74, 6) is 0.273. The summed E-state index contributed by atoms with van der Waals surface area (Å²) in [6.45, 7) is 5.21. The van der Waals surface area contributed by atoms with Gasteiger partial charge in [0.1, 0.15) is 0 Å². The van der Waals surface area contributed by atoms with Crippen molar-refractivity contribution in [2.24, 2.45) is 5.73 Å². The van der Waals surface area contributed by atoms with Gasteiger partial charge in [-0.05, 0) is 65.0 Å². The third-order valence-electron chi connectivity index (χ3n) is 4.82. The Bertz CT molecular complexity index is 365. The van der Waals surface area contributed by atoms with Gasteiger partial charge in [-0.15, -0.1) is 0 Å². The summed E-state index contributed by atoms with van der Waals surface area (Å²) in [7, 11) is 0. The van der Waals surface area contributed by atoms with Crippen LogP contribution in [0.4, 0.5) is 0 Å². The number of nitrogens with zero attached hydrogens (tertiary/aromatic N) is 2. The number of likely N-dealkylation sites (tertiary alicyclic amines) is 1. The number of nitrogens with two attached hydrogens (primary N) is 1. The molecule has 1 aliphatic carbocycles. The molecule has 0 aromatic carbocycles. The number of carbonyl (C=O) groups is 1. The summed E-state index contributed by atoms with van der Waals surface area (Å²) in [4.78, 5) is 17.1. The van der Waals surface area contributed by atoms with Crippen molar-refractivity contribution >= 4 is 5.91 Å². The van der Waals surface area contributed by atoms with Crippen molar-refractivity contribution in [1.29, 1.82) is 0 Å². The second kappa shape index (κ2) is 8.54. The Balaban J connectivity index is 1.95. The Morgan fingerprint density at radius 1 is 1.38 bits per heavy atom. The smallest absolute Gasteiger partial charge is 0.240 e. The summed E-state index contributed by atoms with van der Waals surface area (Å²) >= 11 is 0. The lowest BCUT2D eigenvalue weighted by atomic mass is 9.99. The highest BCUT2D eigenvalue weighted by Crippen LogP contribution is 2.23. The molecule has 1 aliphatic heterocycles. The maximum absolute atomic E-state index is 12.7. The van der Waals surface area contributed by atoms with Crippen LogP contribution in [0.1, 0.15) is 58.3 Å². The van der Waals surface area contributed by atoms with Gasteiger partial charge in [0, 0.05) is 18.3 Å². The first-order valence-electron chi connectivity index (χ1n) is 8.69. The number of rotatable bonds is 6. The van der Waals surface area contributed by atoms with Gasteiger partial charge in [-0.2, -0.15) is 0 Å². The van der Waals surface area contributed by atoms with E-state index in [1.165, 1.54) is 37.8 Å². The van der Waals surface area contributed by atoms with Crippen LogP contribution in [0.2, 0.25) is 0 Å². The van der Waals surface area contributed by atoms with Gasteiger partial charge >= 0.3 is 0 Å². The minimum absolute atomic E-state index is 0.273. The van der Waals surface area contributed by atoms with Crippen molar-refractivity contribution in [1.82, 2.24) is 9.80 Å². The molecule has 2 rings (SSSR count). The number of amides is 1. The standard InChI is InChI=1S/C17H31N3O/c1-2-20(16-9-4-3-5-10-16)17(21)14-19-13-7-6-8-15(19)11-12-18/h9,15H,2-8,10-14,18H2,1H3. The molecule has 120 valence electrons.